The predicted octanol–water partition coefficient (Wildman–Crippen LogP) is 0.632. The minimum atomic E-state index is -0.457. The molecule has 0 bridgehead atoms. The van der Waals surface area contributed by atoms with Crippen LogP contribution in [0.2, 0.25) is 0 Å². The van der Waals surface area contributed by atoms with Crippen LogP contribution >= 0.6 is 0 Å². The summed E-state index contributed by atoms with van der Waals surface area (Å²) in [4.78, 5) is 5.98. The Kier molecular flexibility index (Phi) is 3.74. The van der Waals surface area contributed by atoms with Crippen LogP contribution in [0, 0.1) is 28.2 Å². The van der Waals surface area contributed by atoms with E-state index in [9.17, 15) is 5.26 Å². The van der Waals surface area contributed by atoms with Gasteiger partial charge in [-0.15, -0.1) is 0 Å². The monoisotopic (exact) mass is 267 g/mol. The fourth-order valence-corrected chi connectivity index (χ4v) is 1.93. The first kappa shape index (κ1) is 14.0. The van der Waals surface area contributed by atoms with Gasteiger partial charge < -0.3 is 0 Å². The van der Waals surface area contributed by atoms with Gasteiger partial charge in [-0.3, -0.25) is 5.32 Å². The minimum absolute atomic E-state index is 0.0890. The molecular formula is C15H17N5. The van der Waals surface area contributed by atoms with Crippen molar-refractivity contribution in [2.45, 2.75) is 27.1 Å². The van der Waals surface area contributed by atoms with Crippen LogP contribution in [-0.2, 0) is 0 Å². The number of rotatable bonds is 2. The minimum Gasteiger partial charge on any atom is -0.277 e. The Balaban J connectivity index is 2.42. The van der Waals surface area contributed by atoms with Crippen molar-refractivity contribution in [2.75, 3.05) is 6.54 Å². The lowest BCUT2D eigenvalue weighted by molar-refractivity contribution is 0.279. The number of benzene rings is 1. The number of nitriles is 2. The van der Waals surface area contributed by atoms with E-state index in [0.717, 1.165) is 11.8 Å². The number of para-hydroxylation sites is 1. The van der Waals surface area contributed by atoms with Crippen molar-refractivity contribution in [3.8, 4) is 12.3 Å². The lowest BCUT2D eigenvalue weighted by atomic mass is 9.97. The smallest absolute Gasteiger partial charge is 0.189 e. The molecule has 0 aromatic heterocycles. The third-order valence-corrected chi connectivity index (χ3v) is 2.91. The van der Waals surface area contributed by atoms with Crippen molar-refractivity contribution >= 4 is 6.20 Å². The second kappa shape index (κ2) is 5.32. The Morgan fingerprint density at radius 3 is 2.70 bits per heavy atom. The average Bonchev–Trinajstić information content (AvgIpc) is 2.42. The molecule has 0 saturated heterocycles. The normalized spacial score (nSPS) is 17.2. The summed E-state index contributed by atoms with van der Waals surface area (Å²) in [6.07, 6.45) is 3.38. The van der Waals surface area contributed by atoms with E-state index in [-0.39, 0.29) is 5.41 Å². The van der Waals surface area contributed by atoms with Crippen molar-refractivity contribution in [1.82, 2.24) is 10.2 Å². The quantitative estimate of drug-likeness (QED) is 0.798. The van der Waals surface area contributed by atoms with Gasteiger partial charge in [0.05, 0.1) is 10.9 Å². The van der Waals surface area contributed by atoms with Crippen molar-refractivity contribution in [1.29, 1.82) is 10.5 Å². The molecule has 1 aromatic carbocycles. The molecule has 1 atom stereocenters. The molecule has 1 unspecified atom stereocenters. The van der Waals surface area contributed by atoms with E-state index in [2.05, 4.69) is 43.3 Å². The first-order valence-electron chi connectivity index (χ1n) is 6.45. The summed E-state index contributed by atoms with van der Waals surface area (Å²) < 4.78 is 0. The Labute approximate surface area is 118 Å². The summed E-state index contributed by atoms with van der Waals surface area (Å²) in [5, 5.41) is 23.1. The molecule has 20 heavy (non-hydrogen) atoms. The molecule has 102 valence electrons. The maximum Gasteiger partial charge on any atom is 0.189 e. The van der Waals surface area contributed by atoms with E-state index in [1.54, 1.807) is 18.3 Å². The highest BCUT2D eigenvalue weighted by Crippen LogP contribution is 2.12. The molecule has 0 spiro atoms. The van der Waals surface area contributed by atoms with Crippen LogP contribution in [0.25, 0.3) is 6.20 Å². The standard InChI is InChI=1S/C15H17N5/c1-15(2,3)9-18-14-19-13-11(7-16)5-4-6-12(13)8-20(14)10-17/h4-6,8,14,18H,9H2,1-3H3. The van der Waals surface area contributed by atoms with Gasteiger partial charge in [0.1, 0.15) is 6.07 Å². The van der Waals surface area contributed by atoms with E-state index in [1.165, 1.54) is 4.90 Å². The number of hydrogen-bond acceptors (Lipinski definition) is 5. The molecule has 0 fully saturated rings. The van der Waals surface area contributed by atoms with Gasteiger partial charge in [0, 0.05) is 18.0 Å². The first-order chi connectivity index (χ1) is 9.44. The summed E-state index contributed by atoms with van der Waals surface area (Å²) in [6.45, 7) is 7.05. The molecular weight excluding hydrogens is 250 g/mol. The second-order valence-electron chi connectivity index (χ2n) is 5.94. The molecule has 1 heterocycles. The van der Waals surface area contributed by atoms with Crippen LogP contribution in [0.1, 0.15) is 26.3 Å². The van der Waals surface area contributed by atoms with Gasteiger partial charge in [0.2, 0.25) is 0 Å². The van der Waals surface area contributed by atoms with Gasteiger partial charge in [-0.2, -0.15) is 10.5 Å². The van der Waals surface area contributed by atoms with Crippen molar-refractivity contribution in [3.63, 3.8) is 0 Å². The SMILES string of the molecule is CC(C)(C)CNC1N=c2c(C#N)cccc2=CN1C#N. The van der Waals surface area contributed by atoms with E-state index in [0.29, 0.717) is 10.9 Å². The van der Waals surface area contributed by atoms with E-state index < -0.39 is 6.29 Å². The van der Waals surface area contributed by atoms with Crippen molar-refractivity contribution < 1.29 is 0 Å². The summed E-state index contributed by atoms with van der Waals surface area (Å²) >= 11 is 0. The summed E-state index contributed by atoms with van der Waals surface area (Å²) in [7, 11) is 0. The Bertz CT molecular complexity index is 700. The van der Waals surface area contributed by atoms with E-state index >= 15 is 0 Å². The van der Waals surface area contributed by atoms with Crippen LogP contribution in [0.4, 0.5) is 0 Å². The molecule has 1 aliphatic heterocycles. The van der Waals surface area contributed by atoms with Crippen LogP contribution < -0.4 is 15.9 Å². The van der Waals surface area contributed by atoms with Crippen molar-refractivity contribution in [3.05, 3.63) is 34.3 Å². The molecule has 5 heteroatoms. The van der Waals surface area contributed by atoms with Gasteiger partial charge in [-0.1, -0.05) is 32.9 Å². The van der Waals surface area contributed by atoms with Gasteiger partial charge in [-0.05, 0) is 11.5 Å². The zero-order valence-electron chi connectivity index (χ0n) is 11.9. The highest BCUT2D eigenvalue weighted by molar-refractivity contribution is 5.35. The number of nitrogens with zero attached hydrogens (tertiary/aromatic N) is 4. The van der Waals surface area contributed by atoms with Crippen LogP contribution in [-0.4, -0.2) is 17.7 Å². The summed E-state index contributed by atoms with van der Waals surface area (Å²) in [6, 6.07) is 7.52. The number of fused-ring (bicyclic) bond motifs is 1. The Morgan fingerprint density at radius 2 is 2.10 bits per heavy atom. The van der Waals surface area contributed by atoms with Gasteiger partial charge >= 0.3 is 0 Å². The molecule has 0 amide bonds. The van der Waals surface area contributed by atoms with E-state index in [4.69, 9.17) is 5.26 Å². The fourth-order valence-electron chi connectivity index (χ4n) is 1.93. The Hall–Kier alpha value is -2.37. The number of nitrogens with one attached hydrogen (secondary N) is 1. The predicted molar refractivity (Wildman–Crippen MR) is 75.1 cm³/mol. The molecule has 2 rings (SSSR count). The first-order valence-corrected chi connectivity index (χ1v) is 6.45. The van der Waals surface area contributed by atoms with E-state index in [1.807, 2.05) is 6.07 Å². The molecule has 1 aromatic rings. The second-order valence-corrected chi connectivity index (χ2v) is 5.94. The third-order valence-electron chi connectivity index (χ3n) is 2.91. The molecule has 1 N–H and O–H groups in total. The average molecular weight is 267 g/mol. The van der Waals surface area contributed by atoms with Gasteiger partial charge in [-0.25, -0.2) is 9.89 Å². The highest BCUT2D eigenvalue weighted by Gasteiger charge is 2.20. The van der Waals surface area contributed by atoms with Crippen LogP contribution in [0.3, 0.4) is 0 Å². The fraction of sp³-hybridized carbons (Fsp3) is 0.400. The van der Waals surface area contributed by atoms with Gasteiger partial charge in [0.15, 0.2) is 12.5 Å². The highest BCUT2D eigenvalue weighted by atomic mass is 15.3. The summed E-state index contributed by atoms with van der Waals surface area (Å²) in [5.74, 6) is 0. The van der Waals surface area contributed by atoms with Crippen molar-refractivity contribution in [2.24, 2.45) is 10.4 Å². The van der Waals surface area contributed by atoms with Crippen LogP contribution in [0.5, 0.6) is 0 Å². The molecule has 1 aliphatic rings. The summed E-state index contributed by atoms with van der Waals surface area (Å²) in [5.41, 5.74) is 0.616. The topological polar surface area (TPSA) is 75.2 Å². The molecule has 0 aliphatic carbocycles. The van der Waals surface area contributed by atoms with Gasteiger partial charge in [0.25, 0.3) is 0 Å². The lowest BCUT2D eigenvalue weighted by Crippen LogP contribution is -2.49. The maximum atomic E-state index is 9.22. The largest absolute Gasteiger partial charge is 0.277 e. The Morgan fingerprint density at radius 1 is 1.35 bits per heavy atom. The molecule has 5 nitrogen and oxygen atoms in total. The zero-order valence-corrected chi connectivity index (χ0v) is 11.9. The van der Waals surface area contributed by atoms with Crippen LogP contribution in [0.15, 0.2) is 23.2 Å². The lowest BCUT2D eigenvalue weighted by Gasteiger charge is -2.27. The molecule has 0 radical (unpaired) electrons. The molecule has 0 saturated carbocycles. The third kappa shape index (κ3) is 2.96. The maximum absolute atomic E-state index is 9.22. The number of hydrogen-bond donors (Lipinski definition) is 1. The zero-order chi connectivity index (χ0) is 14.8.